The van der Waals surface area contributed by atoms with Gasteiger partial charge in [-0.3, -0.25) is 9.48 Å². The van der Waals surface area contributed by atoms with Crippen molar-refractivity contribution in [3.63, 3.8) is 0 Å². The third-order valence-corrected chi connectivity index (χ3v) is 3.38. The summed E-state index contributed by atoms with van der Waals surface area (Å²) in [6.07, 6.45) is 3.63. The molecule has 0 bridgehead atoms. The van der Waals surface area contributed by atoms with Gasteiger partial charge in [0, 0.05) is 17.3 Å². The molecule has 1 aromatic rings. The fourth-order valence-corrected chi connectivity index (χ4v) is 2.18. The molecule has 106 valence electrons. The van der Waals surface area contributed by atoms with Gasteiger partial charge in [0.15, 0.2) is 5.78 Å². The lowest BCUT2D eigenvalue weighted by Gasteiger charge is -2.22. The quantitative estimate of drug-likeness (QED) is 0.832. The molecule has 0 aliphatic carbocycles. The number of hydrogen-bond acceptors (Lipinski definition) is 3. The third-order valence-electron chi connectivity index (χ3n) is 3.38. The molecule has 1 N–H and O–H groups in total. The van der Waals surface area contributed by atoms with Gasteiger partial charge in [-0.2, -0.15) is 5.10 Å². The van der Waals surface area contributed by atoms with E-state index in [0.29, 0.717) is 0 Å². The molecule has 0 amide bonds. The van der Waals surface area contributed by atoms with Crippen molar-refractivity contribution in [2.45, 2.75) is 47.1 Å². The lowest BCUT2D eigenvalue weighted by molar-refractivity contribution is -0.113. The first-order valence-electron chi connectivity index (χ1n) is 6.58. The molecule has 1 heterocycles. The van der Waals surface area contributed by atoms with E-state index in [-0.39, 0.29) is 18.3 Å². The Morgan fingerprint density at radius 1 is 1.42 bits per heavy atom. The van der Waals surface area contributed by atoms with Crippen molar-refractivity contribution in [1.82, 2.24) is 9.78 Å². The zero-order chi connectivity index (χ0) is 14.8. The molecule has 0 aliphatic rings. The molecule has 1 aromatic heterocycles. The van der Waals surface area contributed by atoms with Gasteiger partial charge in [-0.05, 0) is 39.2 Å². The average molecular weight is 264 g/mol. The normalized spacial score (nSPS) is 13.7. The molecule has 0 aliphatic heterocycles. The molecule has 0 saturated carbocycles. The van der Waals surface area contributed by atoms with Gasteiger partial charge in [0.05, 0.1) is 18.3 Å². The van der Waals surface area contributed by atoms with Crippen LogP contribution in [0.25, 0.3) is 5.57 Å². The molecule has 0 aromatic carbocycles. The number of carbonyl (C=O) groups is 1. The first-order chi connectivity index (χ1) is 8.70. The summed E-state index contributed by atoms with van der Waals surface area (Å²) in [6, 6.07) is 0. The minimum absolute atomic E-state index is 0.0145. The number of hydrogen-bond donors (Lipinski definition) is 1. The van der Waals surface area contributed by atoms with E-state index in [4.69, 9.17) is 0 Å². The first-order valence-corrected chi connectivity index (χ1v) is 6.58. The van der Waals surface area contributed by atoms with Crippen LogP contribution in [-0.2, 0) is 10.3 Å². The van der Waals surface area contributed by atoms with Crippen LogP contribution in [0.4, 0.5) is 0 Å². The van der Waals surface area contributed by atoms with Crippen LogP contribution in [0.1, 0.15) is 47.1 Å². The molecule has 0 spiro atoms. The standard InChI is InChI=1S/C15H24N2O2/c1-10(2)14(12(4)19)11(3)13-7-16-17(8-13)15(5,6)9-18/h7-8,10,18H,9H2,1-6H3. The fourth-order valence-electron chi connectivity index (χ4n) is 2.18. The van der Waals surface area contributed by atoms with Crippen LogP contribution in [0.5, 0.6) is 0 Å². The highest BCUT2D eigenvalue weighted by Gasteiger charge is 2.21. The van der Waals surface area contributed by atoms with Crippen LogP contribution in [0.15, 0.2) is 18.0 Å². The Hall–Kier alpha value is -1.42. The predicted octanol–water partition coefficient (Wildman–Crippen LogP) is 2.63. The van der Waals surface area contributed by atoms with Crippen LogP contribution < -0.4 is 0 Å². The predicted molar refractivity (Wildman–Crippen MR) is 76.7 cm³/mol. The highest BCUT2D eigenvalue weighted by molar-refractivity contribution is 6.01. The van der Waals surface area contributed by atoms with Gasteiger partial charge in [0.1, 0.15) is 0 Å². The van der Waals surface area contributed by atoms with Gasteiger partial charge >= 0.3 is 0 Å². The van der Waals surface area contributed by atoms with Crippen molar-refractivity contribution in [3.05, 3.63) is 23.5 Å². The number of aliphatic hydroxyl groups excluding tert-OH is 1. The molecular weight excluding hydrogens is 240 g/mol. The Morgan fingerprint density at radius 3 is 2.42 bits per heavy atom. The van der Waals surface area contributed by atoms with Gasteiger partial charge in [0.2, 0.25) is 0 Å². The first kappa shape index (κ1) is 15.6. The monoisotopic (exact) mass is 264 g/mol. The molecule has 19 heavy (non-hydrogen) atoms. The van der Waals surface area contributed by atoms with Crippen molar-refractivity contribution in [3.8, 4) is 0 Å². The second-order valence-corrected chi connectivity index (χ2v) is 5.89. The summed E-state index contributed by atoms with van der Waals surface area (Å²) in [6.45, 7) is 11.4. The van der Waals surface area contributed by atoms with Crippen LogP contribution >= 0.6 is 0 Å². The minimum atomic E-state index is -0.438. The Labute approximate surface area is 115 Å². The van der Waals surface area contributed by atoms with E-state index >= 15 is 0 Å². The Morgan fingerprint density at radius 2 is 2.00 bits per heavy atom. The number of nitrogens with zero attached hydrogens (tertiary/aromatic N) is 2. The summed E-state index contributed by atoms with van der Waals surface area (Å²) in [7, 11) is 0. The second-order valence-electron chi connectivity index (χ2n) is 5.89. The van der Waals surface area contributed by atoms with E-state index in [2.05, 4.69) is 5.10 Å². The van der Waals surface area contributed by atoms with Crippen molar-refractivity contribution in [1.29, 1.82) is 0 Å². The van der Waals surface area contributed by atoms with Crippen molar-refractivity contribution in [2.24, 2.45) is 5.92 Å². The highest BCUT2D eigenvalue weighted by atomic mass is 16.3. The zero-order valence-corrected chi connectivity index (χ0v) is 12.7. The largest absolute Gasteiger partial charge is 0.394 e. The molecule has 0 radical (unpaired) electrons. The van der Waals surface area contributed by atoms with E-state index in [1.165, 1.54) is 0 Å². The van der Waals surface area contributed by atoms with Crippen LogP contribution in [0.3, 0.4) is 0 Å². The molecule has 0 saturated heterocycles. The maximum absolute atomic E-state index is 11.7. The Kier molecular flexibility index (Phi) is 4.69. The number of carbonyl (C=O) groups excluding carboxylic acids is 1. The van der Waals surface area contributed by atoms with Gasteiger partial charge in [-0.25, -0.2) is 0 Å². The molecule has 0 fully saturated rings. The number of aromatic nitrogens is 2. The molecular formula is C15H24N2O2. The van der Waals surface area contributed by atoms with E-state index < -0.39 is 5.54 Å². The molecule has 4 nitrogen and oxygen atoms in total. The van der Waals surface area contributed by atoms with Crippen LogP contribution in [0, 0.1) is 5.92 Å². The summed E-state index contributed by atoms with van der Waals surface area (Å²) in [5.41, 5.74) is 2.29. The minimum Gasteiger partial charge on any atom is -0.394 e. The lowest BCUT2D eigenvalue weighted by atomic mass is 9.92. The lowest BCUT2D eigenvalue weighted by Crippen LogP contribution is -2.30. The summed E-state index contributed by atoms with van der Waals surface area (Å²) < 4.78 is 1.74. The fraction of sp³-hybridized carbons (Fsp3) is 0.600. The van der Waals surface area contributed by atoms with Crippen molar-refractivity contribution < 1.29 is 9.90 Å². The second kappa shape index (κ2) is 5.70. The van der Waals surface area contributed by atoms with Crippen LogP contribution in [0.2, 0.25) is 0 Å². The van der Waals surface area contributed by atoms with Crippen molar-refractivity contribution in [2.75, 3.05) is 6.61 Å². The van der Waals surface area contributed by atoms with Gasteiger partial charge in [-0.1, -0.05) is 13.8 Å². The maximum atomic E-state index is 11.7. The number of ketones is 1. The smallest absolute Gasteiger partial charge is 0.156 e. The van der Waals surface area contributed by atoms with E-state index in [1.807, 2.05) is 40.8 Å². The molecule has 4 heteroatoms. The number of aliphatic hydroxyl groups is 1. The molecule has 0 atom stereocenters. The van der Waals surface area contributed by atoms with Crippen molar-refractivity contribution >= 4 is 11.4 Å². The number of Topliss-reactive ketones (excluding diaryl/α,β-unsaturated/α-hetero) is 1. The number of rotatable bonds is 5. The maximum Gasteiger partial charge on any atom is 0.156 e. The van der Waals surface area contributed by atoms with Gasteiger partial charge in [-0.15, -0.1) is 0 Å². The Bertz CT molecular complexity index is 496. The molecule has 1 rings (SSSR count). The average Bonchev–Trinajstić information content (AvgIpc) is 2.77. The van der Waals surface area contributed by atoms with Crippen LogP contribution in [-0.4, -0.2) is 27.3 Å². The van der Waals surface area contributed by atoms with E-state index in [1.54, 1.807) is 17.8 Å². The number of allylic oxidation sites excluding steroid dienone is 2. The summed E-state index contributed by atoms with van der Waals surface area (Å²) in [4.78, 5) is 11.7. The highest BCUT2D eigenvalue weighted by Crippen LogP contribution is 2.25. The van der Waals surface area contributed by atoms with E-state index in [0.717, 1.165) is 16.7 Å². The van der Waals surface area contributed by atoms with Gasteiger partial charge < -0.3 is 5.11 Å². The Balaban J connectivity index is 3.24. The topological polar surface area (TPSA) is 55.1 Å². The SMILES string of the molecule is CC(=O)C(=C(C)c1cnn(C(C)(C)CO)c1)C(C)C. The van der Waals surface area contributed by atoms with Gasteiger partial charge in [0.25, 0.3) is 0 Å². The zero-order valence-electron chi connectivity index (χ0n) is 12.7. The molecule has 0 unspecified atom stereocenters. The summed E-state index contributed by atoms with van der Waals surface area (Å²) in [5, 5.41) is 13.6. The third kappa shape index (κ3) is 3.32. The van der Waals surface area contributed by atoms with E-state index in [9.17, 15) is 9.90 Å². The summed E-state index contributed by atoms with van der Waals surface area (Å²) >= 11 is 0. The summed E-state index contributed by atoms with van der Waals surface area (Å²) in [5.74, 6) is 0.286.